The lowest BCUT2D eigenvalue weighted by atomic mass is 10.1. The van der Waals surface area contributed by atoms with Crippen LogP contribution in [-0.4, -0.2) is 22.7 Å². The van der Waals surface area contributed by atoms with Crippen molar-refractivity contribution in [1.29, 1.82) is 0 Å². The number of fused-ring (bicyclic) bond motifs is 1. The third-order valence-corrected chi connectivity index (χ3v) is 3.17. The van der Waals surface area contributed by atoms with Gasteiger partial charge in [0.1, 0.15) is 5.52 Å². The van der Waals surface area contributed by atoms with Crippen LogP contribution in [0.5, 0.6) is 0 Å². The molecule has 3 aromatic rings. The minimum Gasteiger partial charge on any atom is -0.436 e. The Labute approximate surface area is 132 Å². The molecule has 1 amide bonds. The molecule has 0 aliphatic carbocycles. The van der Waals surface area contributed by atoms with Crippen LogP contribution in [0.15, 0.2) is 40.9 Å². The molecule has 1 aromatic carbocycles. The van der Waals surface area contributed by atoms with Gasteiger partial charge in [-0.05, 0) is 36.8 Å². The fourth-order valence-corrected chi connectivity index (χ4v) is 2.08. The molecule has 3 rings (SSSR count). The summed E-state index contributed by atoms with van der Waals surface area (Å²) in [5, 5.41) is 2.61. The first-order valence-electron chi connectivity index (χ1n) is 6.87. The number of aryl methyl sites for hydroxylation is 1. The molecule has 0 unspecified atom stereocenters. The van der Waals surface area contributed by atoms with Gasteiger partial charge < -0.3 is 9.15 Å². The predicted octanol–water partition coefficient (Wildman–Crippen LogP) is 3.38. The first kappa shape index (κ1) is 14.6. The van der Waals surface area contributed by atoms with Gasteiger partial charge in [0, 0.05) is 17.4 Å². The molecule has 0 radical (unpaired) electrons. The second kappa shape index (κ2) is 6.20. The van der Waals surface area contributed by atoms with Gasteiger partial charge in [0.2, 0.25) is 11.6 Å². The molecule has 0 bridgehead atoms. The standard InChI is InChI=1S/C17H13N3O3/c1-3-9-22-17(21)19-12-7-6-11(2)13(10-12)15-20-14-5-4-8-18-16(14)23-15/h1,4-8,10H,9H2,2H3,(H,19,21). The van der Waals surface area contributed by atoms with Gasteiger partial charge in [0.05, 0.1) is 0 Å². The van der Waals surface area contributed by atoms with Gasteiger partial charge in [-0.2, -0.15) is 0 Å². The third kappa shape index (κ3) is 3.14. The number of nitrogens with one attached hydrogen (secondary N) is 1. The summed E-state index contributed by atoms with van der Waals surface area (Å²) in [6.45, 7) is 1.85. The molecular weight excluding hydrogens is 294 g/mol. The van der Waals surface area contributed by atoms with Gasteiger partial charge in [-0.3, -0.25) is 5.32 Å². The number of benzene rings is 1. The summed E-state index contributed by atoms with van der Waals surface area (Å²) < 4.78 is 10.5. The Kier molecular flexibility index (Phi) is 3.93. The average Bonchev–Trinajstić information content (AvgIpc) is 2.98. The van der Waals surface area contributed by atoms with Crippen LogP contribution in [0.1, 0.15) is 5.56 Å². The first-order valence-corrected chi connectivity index (χ1v) is 6.87. The van der Waals surface area contributed by atoms with Crippen molar-refractivity contribution in [2.24, 2.45) is 0 Å². The zero-order valence-corrected chi connectivity index (χ0v) is 12.4. The van der Waals surface area contributed by atoms with Crippen molar-refractivity contribution >= 4 is 23.0 Å². The van der Waals surface area contributed by atoms with Crippen LogP contribution >= 0.6 is 0 Å². The number of carbonyl (C=O) groups excluding carboxylic acids is 1. The smallest absolute Gasteiger partial charge is 0.412 e. The minimum absolute atomic E-state index is 0.0820. The summed E-state index contributed by atoms with van der Waals surface area (Å²) in [7, 11) is 0. The number of rotatable bonds is 3. The van der Waals surface area contributed by atoms with Gasteiger partial charge in [-0.15, -0.1) is 6.42 Å². The number of terminal acetylenes is 1. The van der Waals surface area contributed by atoms with Crippen LogP contribution in [0.4, 0.5) is 10.5 Å². The van der Waals surface area contributed by atoms with Crippen LogP contribution in [0, 0.1) is 19.3 Å². The second-order valence-electron chi connectivity index (χ2n) is 4.78. The molecule has 2 heterocycles. The van der Waals surface area contributed by atoms with E-state index in [1.165, 1.54) is 0 Å². The van der Waals surface area contributed by atoms with E-state index in [4.69, 9.17) is 15.6 Å². The largest absolute Gasteiger partial charge is 0.436 e. The lowest BCUT2D eigenvalue weighted by Gasteiger charge is -2.07. The molecule has 1 N–H and O–H groups in total. The van der Waals surface area contributed by atoms with Gasteiger partial charge in [0.25, 0.3) is 0 Å². The van der Waals surface area contributed by atoms with Crippen molar-refractivity contribution in [2.45, 2.75) is 6.92 Å². The number of aromatic nitrogens is 2. The highest BCUT2D eigenvalue weighted by atomic mass is 16.5. The zero-order valence-electron chi connectivity index (χ0n) is 12.4. The highest BCUT2D eigenvalue weighted by molar-refractivity contribution is 5.86. The van der Waals surface area contributed by atoms with Crippen molar-refractivity contribution in [3.05, 3.63) is 42.1 Å². The van der Waals surface area contributed by atoms with Gasteiger partial charge >= 0.3 is 6.09 Å². The summed E-state index contributed by atoms with van der Waals surface area (Å²) in [5.74, 6) is 2.67. The van der Waals surface area contributed by atoms with E-state index in [0.717, 1.165) is 11.1 Å². The summed E-state index contributed by atoms with van der Waals surface area (Å²) >= 11 is 0. The minimum atomic E-state index is -0.614. The number of ether oxygens (including phenoxy) is 1. The monoisotopic (exact) mass is 307 g/mol. The van der Waals surface area contributed by atoms with Gasteiger partial charge in [-0.25, -0.2) is 14.8 Å². The Morgan fingerprint density at radius 2 is 2.30 bits per heavy atom. The number of hydrogen-bond donors (Lipinski definition) is 1. The quantitative estimate of drug-likeness (QED) is 0.751. The zero-order chi connectivity index (χ0) is 16.2. The number of anilines is 1. The fourth-order valence-electron chi connectivity index (χ4n) is 2.08. The second-order valence-corrected chi connectivity index (χ2v) is 4.78. The molecule has 23 heavy (non-hydrogen) atoms. The van der Waals surface area contributed by atoms with E-state index in [1.54, 1.807) is 24.4 Å². The van der Waals surface area contributed by atoms with Crippen molar-refractivity contribution in [3.63, 3.8) is 0 Å². The third-order valence-electron chi connectivity index (χ3n) is 3.17. The summed E-state index contributed by atoms with van der Waals surface area (Å²) in [5.41, 5.74) is 3.42. The number of carbonyl (C=O) groups is 1. The molecule has 0 spiro atoms. The van der Waals surface area contributed by atoms with E-state index in [1.807, 2.05) is 19.1 Å². The lowest BCUT2D eigenvalue weighted by molar-refractivity contribution is 0.176. The Hall–Kier alpha value is -3.33. The number of pyridine rings is 1. The molecule has 2 aromatic heterocycles. The van der Waals surface area contributed by atoms with E-state index >= 15 is 0 Å². The molecule has 0 saturated carbocycles. The van der Waals surface area contributed by atoms with Crippen LogP contribution in [0.2, 0.25) is 0 Å². The van der Waals surface area contributed by atoms with Crippen molar-refractivity contribution in [3.8, 4) is 23.8 Å². The van der Waals surface area contributed by atoms with Crippen molar-refractivity contribution in [1.82, 2.24) is 9.97 Å². The van der Waals surface area contributed by atoms with Gasteiger partial charge in [0.15, 0.2) is 6.61 Å². The molecule has 0 atom stereocenters. The van der Waals surface area contributed by atoms with Gasteiger partial charge in [-0.1, -0.05) is 12.0 Å². The molecule has 6 nitrogen and oxygen atoms in total. The number of oxazole rings is 1. The Balaban J connectivity index is 1.91. The molecule has 0 aliphatic heterocycles. The fraction of sp³-hybridized carbons (Fsp3) is 0.118. The van der Waals surface area contributed by atoms with E-state index in [2.05, 4.69) is 21.2 Å². The maximum atomic E-state index is 11.6. The van der Waals surface area contributed by atoms with E-state index in [9.17, 15) is 4.79 Å². The maximum absolute atomic E-state index is 11.6. The normalized spacial score (nSPS) is 10.3. The molecule has 0 fully saturated rings. The Bertz CT molecular complexity index is 876. The number of hydrogen-bond acceptors (Lipinski definition) is 5. The first-order chi connectivity index (χ1) is 11.2. The van der Waals surface area contributed by atoms with E-state index < -0.39 is 6.09 Å². The topological polar surface area (TPSA) is 77.2 Å². The molecule has 0 saturated heterocycles. The molecule has 6 heteroatoms. The van der Waals surface area contributed by atoms with Crippen LogP contribution in [0.3, 0.4) is 0 Å². The molecule has 114 valence electrons. The molecule has 0 aliphatic rings. The van der Waals surface area contributed by atoms with Crippen LogP contribution < -0.4 is 5.32 Å². The summed E-state index contributed by atoms with van der Waals surface area (Å²) in [6, 6.07) is 8.99. The molecular formula is C17H13N3O3. The van der Waals surface area contributed by atoms with E-state index in [0.29, 0.717) is 22.8 Å². The number of nitrogens with zero attached hydrogens (tertiary/aromatic N) is 2. The predicted molar refractivity (Wildman–Crippen MR) is 85.8 cm³/mol. The highest BCUT2D eigenvalue weighted by Gasteiger charge is 2.13. The van der Waals surface area contributed by atoms with E-state index in [-0.39, 0.29) is 6.61 Å². The maximum Gasteiger partial charge on any atom is 0.412 e. The van der Waals surface area contributed by atoms with Crippen molar-refractivity contribution < 1.29 is 13.9 Å². The van der Waals surface area contributed by atoms with Crippen molar-refractivity contribution in [2.75, 3.05) is 11.9 Å². The summed E-state index contributed by atoms with van der Waals surface area (Å²) in [4.78, 5) is 20.1. The van der Waals surface area contributed by atoms with Crippen LogP contribution in [0.25, 0.3) is 22.7 Å². The lowest BCUT2D eigenvalue weighted by Crippen LogP contribution is -2.13. The summed E-state index contributed by atoms with van der Waals surface area (Å²) in [6.07, 6.45) is 6.07. The highest BCUT2D eigenvalue weighted by Crippen LogP contribution is 2.28. The Morgan fingerprint density at radius 1 is 1.43 bits per heavy atom. The average molecular weight is 307 g/mol. The number of amides is 1. The Morgan fingerprint density at radius 3 is 3.09 bits per heavy atom. The SMILES string of the molecule is C#CCOC(=O)Nc1ccc(C)c(-c2nc3cccnc3o2)c1. The van der Waals surface area contributed by atoms with Crippen LogP contribution in [-0.2, 0) is 4.74 Å².